The van der Waals surface area contributed by atoms with Gasteiger partial charge in [0, 0.05) is 23.5 Å². The molecule has 0 bridgehead atoms. The fraction of sp³-hybridized carbons (Fsp3) is 0.130. The average molecular weight is 468 g/mol. The number of rotatable bonds is 5. The lowest BCUT2D eigenvalue weighted by molar-refractivity contribution is -0.384. The van der Waals surface area contributed by atoms with Gasteiger partial charge in [-0.1, -0.05) is 35.9 Å². The third-order valence-electron chi connectivity index (χ3n) is 5.21. The van der Waals surface area contributed by atoms with Crippen molar-refractivity contribution in [1.82, 2.24) is 9.47 Å². The average Bonchev–Trinajstić information content (AvgIpc) is 3.18. The summed E-state index contributed by atoms with van der Waals surface area (Å²) in [6.07, 6.45) is 1.72. The van der Waals surface area contributed by atoms with E-state index in [4.69, 9.17) is 11.6 Å². The van der Waals surface area contributed by atoms with Crippen molar-refractivity contribution in [2.24, 2.45) is 0 Å². The normalized spacial score (nSPS) is 15.1. The first-order chi connectivity index (χ1) is 15.3. The van der Waals surface area contributed by atoms with Crippen LogP contribution in [0.2, 0.25) is 5.02 Å². The highest BCUT2D eigenvalue weighted by atomic mass is 35.5. The smallest absolute Gasteiger partial charge is 0.293 e. The van der Waals surface area contributed by atoms with Crippen molar-refractivity contribution >= 4 is 46.3 Å². The van der Waals surface area contributed by atoms with Gasteiger partial charge in [-0.05, 0) is 61.0 Å². The minimum atomic E-state index is -0.494. The second-order valence-corrected chi connectivity index (χ2v) is 8.71. The highest BCUT2D eigenvalue weighted by Crippen LogP contribution is 2.35. The lowest BCUT2D eigenvalue weighted by atomic mass is 10.2. The van der Waals surface area contributed by atoms with Crippen LogP contribution in [0.15, 0.2) is 59.5 Å². The van der Waals surface area contributed by atoms with E-state index in [9.17, 15) is 19.7 Å². The summed E-state index contributed by atoms with van der Waals surface area (Å²) in [6.45, 7) is 3.94. The highest BCUT2D eigenvalue weighted by Gasteiger charge is 2.35. The topological polar surface area (TPSA) is 85.5 Å². The SMILES string of the molecule is Cc1cc(/C=C2\SC(=O)N(Cc3ccc([N+](=O)[O-])cc3)C2=O)c(C)n1-c1ccccc1Cl. The van der Waals surface area contributed by atoms with Crippen LogP contribution in [0.3, 0.4) is 0 Å². The van der Waals surface area contributed by atoms with E-state index < -0.39 is 4.92 Å². The Kier molecular flexibility index (Phi) is 5.90. The summed E-state index contributed by atoms with van der Waals surface area (Å²) in [7, 11) is 0. The van der Waals surface area contributed by atoms with Crippen molar-refractivity contribution in [1.29, 1.82) is 0 Å². The number of aromatic nitrogens is 1. The molecule has 1 saturated heterocycles. The number of para-hydroxylation sites is 1. The van der Waals surface area contributed by atoms with E-state index in [1.54, 1.807) is 18.2 Å². The molecule has 1 aromatic heterocycles. The van der Waals surface area contributed by atoms with Gasteiger partial charge in [-0.25, -0.2) is 0 Å². The first-order valence-corrected chi connectivity index (χ1v) is 10.9. The number of nitro groups is 1. The van der Waals surface area contributed by atoms with Crippen molar-refractivity contribution in [2.75, 3.05) is 0 Å². The first kappa shape index (κ1) is 21.9. The Morgan fingerprint density at radius 2 is 1.78 bits per heavy atom. The summed E-state index contributed by atoms with van der Waals surface area (Å²) in [4.78, 5) is 37.2. The molecule has 2 heterocycles. The number of aryl methyl sites for hydroxylation is 1. The number of carbonyl (C=O) groups is 2. The van der Waals surface area contributed by atoms with Gasteiger partial charge in [-0.2, -0.15) is 0 Å². The van der Waals surface area contributed by atoms with Gasteiger partial charge in [0.15, 0.2) is 0 Å². The second-order valence-electron chi connectivity index (χ2n) is 7.30. The maximum atomic E-state index is 12.9. The van der Waals surface area contributed by atoms with Crippen molar-refractivity contribution in [3.63, 3.8) is 0 Å². The van der Waals surface area contributed by atoms with Gasteiger partial charge in [0.05, 0.1) is 27.1 Å². The monoisotopic (exact) mass is 467 g/mol. The molecule has 4 rings (SSSR count). The van der Waals surface area contributed by atoms with Crippen molar-refractivity contribution in [3.05, 3.63) is 97.2 Å². The van der Waals surface area contributed by atoms with Gasteiger partial charge in [-0.15, -0.1) is 0 Å². The van der Waals surface area contributed by atoms with E-state index in [0.717, 1.165) is 39.3 Å². The van der Waals surface area contributed by atoms with E-state index in [-0.39, 0.29) is 23.4 Å². The molecule has 0 saturated carbocycles. The molecular formula is C23H18ClN3O4S. The molecule has 0 unspecified atom stereocenters. The maximum absolute atomic E-state index is 12.9. The largest absolute Gasteiger partial charge is 0.316 e. The van der Waals surface area contributed by atoms with Crippen LogP contribution in [0.4, 0.5) is 10.5 Å². The maximum Gasteiger partial charge on any atom is 0.293 e. The molecule has 1 aliphatic rings. The third-order valence-corrected chi connectivity index (χ3v) is 6.44. The van der Waals surface area contributed by atoms with Gasteiger partial charge in [0.25, 0.3) is 16.8 Å². The molecule has 0 spiro atoms. The number of non-ortho nitro benzene ring substituents is 1. The number of thioether (sulfide) groups is 1. The molecule has 9 heteroatoms. The van der Waals surface area contributed by atoms with E-state index in [1.807, 2.05) is 48.7 Å². The van der Waals surface area contributed by atoms with E-state index >= 15 is 0 Å². The Hall–Kier alpha value is -3.36. The van der Waals surface area contributed by atoms with Gasteiger partial charge >= 0.3 is 0 Å². The summed E-state index contributed by atoms with van der Waals surface area (Å²) in [5.41, 5.74) is 4.11. The van der Waals surface area contributed by atoms with Gasteiger partial charge in [0.2, 0.25) is 0 Å². The van der Waals surface area contributed by atoms with Crippen molar-refractivity contribution < 1.29 is 14.5 Å². The van der Waals surface area contributed by atoms with Gasteiger partial charge in [-0.3, -0.25) is 24.6 Å². The number of nitro benzene ring substituents is 1. The molecule has 32 heavy (non-hydrogen) atoms. The fourth-order valence-corrected chi connectivity index (χ4v) is 4.67. The zero-order chi connectivity index (χ0) is 23.0. The predicted octanol–water partition coefficient (Wildman–Crippen LogP) is 5.89. The second kappa shape index (κ2) is 8.64. The summed E-state index contributed by atoms with van der Waals surface area (Å²) in [5.74, 6) is -0.388. The van der Waals surface area contributed by atoms with Gasteiger partial charge < -0.3 is 4.57 Å². The summed E-state index contributed by atoms with van der Waals surface area (Å²) in [6, 6.07) is 15.3. The van der Waals surface area contributed by atoms with Crippen LogP contribution >= 0.6 is 23.4 Å². The van der Waals surface area contributed by atoms with Crippen LogP contribution in [-0.2, 0) is 11.3 Å². The van der Waals surface area contributed by atoms with Crippen LogP contribution < -0.4 is 0 Å². The van der Waals surface area contributed by atoms with Crippen LogP contribution in [0.5, 0.6) is 0 Å². The molecule has 1 aliphatic heterocycles. The number of hydrogen-bond donors (Lipinski definition) is 0. The molecule has 2 aromatic carbocycles. The van der Waals surface area contributed by atoms with Gasteiger partial charge in [0.1, 0.15) is 0 Å². The fourth-order valence-electron chi connectivity index (χ4n) is 3.62. The molecule has 0 aliphatic carbocycles. The Balaban J connectivity index is 1.60. The number of nitrogens with zero attached hydrogens (tertiary/aromatic N) is 3. The summed E-state index contributed by atoms with van der Waals surface area (Å²) < 4.78 is 2.01. The summed E-state index contributed by atoms with van der Waals surface area (Å²) >= 11 is 7.25. The molecule has 2 amide bonds. The quantitative estimate of drug-likeness (QED) is 0.265. The number of hydrogen-bond acceptors (Lipinski definition) is 5. The number of halogens is 1. The number of benzene rings is 2. The number of imide groups is 1. The van der Waals surface area contributed by atoms with Crippen molar-refractivity contribution in [2.45, 2.75) is 20.4 Å². The Labute approximate surface area is 193 Å². The van der Waals surface area contributed by atoms with Crippen LogP contribution in [-0.4, -0.2) is 25.5 Å². The Bertz CT molecular complexity index is 1280. The zero-order valence-electron chi connectivity index (χ0n) is 17.2. The lowest BCUT2D eigenvalue weighted by Gasteiger charge is -2.12. The molecule has 0 atom stereocenters. The third kappa shape index (κ3) is 4.06. The minimum absolute atomic E-state index is 0.0448. The van der Waals surface area contributed by atoms with Crippen LogP contribution in [0.1, 0.15) is 22.5 Å². The standard InChI is InChI=1S/C23H18ClN3O4S/c1-14-11-17(15(2)26(14)20-6-4-3-5-19(20)24)12-21-22(28)25(23(29)32-21)13-16-7-9-18(10-8-16)27(30)31/h3-12H,13H2,1-2H3/b21-12-. The highest BCUT2D eigenvalue weighted by molar-refractivity contribution is 8.18. The molecule has 162 valence electrons. The van der Waals surface area contributed by atoms with E-state index in [0.29, 0.717) is 15.5 Å². The summed E-state index contributed by atoms with van der Waals surface area (Å²) in [5, 5.41) is 11.0. The number of carbonyl (C=O) groups excluding carboxylic acids is 2. The van der Waals surface area contributed by atoms with Crippen LogP contribution in [0.25, 0.3) is 11.8 Å². The number of amides is 2. The molecule has 3 aromatic rings. The van der Waals surface area contributed by atoms with E-state index in [1.165, 1.54) is 12.1 Å². The minimum Gasteiger partial charge on any atom is -0.316 e. The molecule has 7 nitrogen and oxygen atoms in total. The zero-order valence-corrected chi connectivity index (χ0v) is 18.8. The predicted molar refractivity (Wildman–Crippen MR) is 125 cm³/mol. The lowest BCUT2D eigenvalue weighted by Crippen LogP contribution is -2.27. The van der Waals surface area contributed by atoms with E-state index in [2.05, 4.69) is 0 Å². The molecule has 0 radical (unpaired) electrons. The van der Waals surface area contributed by atoms with Crippen molar-refractivity contribution in [3.8, 4) is 5.69 Å². The Morgan fingerprint density at radius 3 is 2.44 bits per heavy atom. The Morgan fingerprint density at radius 1 is 1.09 bits per heavy atom. The molecule has 1 fully saturated rings. The molecular weight excluding hydrogens is 450 g/mol. The van der Waals surface area contributed by atoms with Crippen LogP contribution in [0, 0.1) is 24.0 Å². The molecule has 0 N–H and O–H groups in total. The first-order valence-electron chi connectivity index (χ1n) is 9.69.